The molecular formula is C14H18BrN3O3. The fourth-order valence-electron chi connectivity index (χ4n) is 2.39. The summed E-state index contributed by atoms with van der Waals surface area (Å²) in [6, 6.07) is 4.72. The molecule has 0 radical (unpaired) electrons. The summed E-state index contributed by atoms with van der Waals surface area (Å²) in [5.74, 6) is -1.04. The van der Waals surface area contributed by atoms with E-state index < -0.39 is 5.97 Å². The number of benzene rings is 1. The number of nitrogens with one attached hydrogen (secondary N) is 2. The number of amides is 2. The van der Waals surface area contributed by atoms with E-state index in [1.807, 2.05) is 7.05 Å². The van der Waals surface area contributed by atoms with E-state index in [0.29, 0.717) is 22.7 Å². The molecule has 1 heterocycles. The summed E-state index contributed by atoms with van der Waals surface area (Å²) >= 11 is 3.16. The lowest BCUT2D eigenvalue weighted by Gasteiger charge is -2.19. The highest BCUT2D eigenvalue weighted by Gasteiger charge is 2.21. The Morgan fingerprint density at radius 2 is 2.24 bits per heavy atom. The van der Waals surface area contributed by atoms with E-state index in [2.05, 4.69) is 31.5 Å². The van der Waals surface area contributed by atoms with Gasteiger partial charge in [0.2, 0.25) is 0 Å². The molecule has 7 heteroatoms. The maximum atomic E-state index is 11.8. The molecule has 114 valence electrons. The van der Waals surface area contributed by atoms with Crippen LogP contribution in [0.1, 0.15) is 23.2 Å². The van der Waals surface area contributed by atoms with Gasteiger partial charge in [-0.2, -0.15) is 0 Å². The van der Waals surface area contributed by atoms with Gasteiger partial charge in [-0.3, -0.25) is 0 Å². The predicted octanol–water partition coefficient (Wildman–Crippen LogP) is 2.36. The van der Waals surface area contributed by atoms with E-state index in [9.17, 15) is 9.59 Å². The van der Waals surface area contributed by atoms with Gasteiger partial charge in [0.15, 0.2) is 0 Å². The number of aromatic carboxylic acids is 1. The van der Waals surface area contributed by atoms with Crippen molar-refractivity contribution < 1.29 is 14.7 Å². The van der Waals surface area contributed by atoms with Crippen molar-refractivity contribution in [3.63, 3.8) is 0 Å². The second kappa shape index (κ2) is 6.91. The zero-order valence-electron chi connectivity index (χ0n) is 11.7. The Labute approximate surface area is 131 Å². The second-order valence-corrected chi connectivity index (χ2v) is 5.97. The first-order chi connectivity index (χ1) is 9.97. The van der Waals surface area contributed by atoms with Crippen molar-refractivity contribution in [3.8, 4) is 0 Å². The molecular weight excluding hydrogens is 338 g/mol. The lowest BCUT2D eigenvalue weighted by atomic mass is 10.2. The number of hydrogen-bond donors (Lipinski definition) is 3. The van der Waals surface area contributed by atoms with Crippen molar-refractivity contribution in [2.24, 2.45) is 0 Å². The number of rotatable bonds is 4. The van der Waals surface area contributed by atoms with Gasteiger partial charge in [0.1, 0.15) is 0 Å². The minimum absolute atomic E-state index is 0.114. The van der Waals surface area contributed by atoms with E-state index in [1.165, 1.54) is 6.07 Å². The quantitative estimate of drug-likeness (QED) is 0.774. The van der Waals surface area contributed by atoms with Gasteiger partial charge >= 0.3 is 12.0 Å². The predicted molar refractivity (Wildman–Crippen MR) is 83.8 cm³/mol. The van der Waals surface area contributed by atoms with Crippen LogP contribution in [0.2, 0.25) is 0 Å². The Balaban J connectivity index is 1.90. The van der Waals surface area contributed by atoms with E-state index in [4.69, 9.17) is 5.11 Å². The van der Waals surface area contributed by atoms with Gasteiger partial charge in [0, 0.05) is 22.7 Å². The molecule has 0 aromatic heterocycles. The minimum atomic E-state index is -1.04. The van der Waals surface area contributed by atoms with Crippen LogP contribution in [0, 0.1) is 0 Å². The van der Waals surface area contributed by atoms with Crippen molar-refractivity contribution in [1.82, 2.24) is 10.2 Å². The molecule has 1 aliphatic heterocycles. The molecule has 0 saturated carbocycles. The highest BCUT2D eigenvalue weighted by Crippen LogP contribution is 2.21. The average Bonchev–Trinajstić information content (AvgIpc) is 2.84. The molecule has 1 aromatic carbocycles. The molecule has 1 saturated heterocycles. The molecule has 1 aromatic rings. The summed E-state index contributed by atoms with van der Waals surface area (Å²) in [6.07, 6.45) is 2.23. The van der Waals surface area contributed by atoms with Crippen LogP contribution in [0.3, 0.4) is 0 Å². The standard InChI is InChI=1S/C14H18BrN3O3/c1-18-6-2-3-10(18)8-16-14(21)17-9-4-5-12(15)11(7-9)13(19)20/h4-5,7,10H,2-3,6,8H2,1H3,(H,19,20)(H2,16,17,21). The lowest BCUT2D eigenvalue weighted by molar-refractivity contribution is 0.0696. The number of nitrogens with zero attached hydrogens (tertiary/aromatic N) is 1. The number of carboxylic acid groups (broad SMARTS) is 1. The number of anilines is 1. The van der Waals surface area contributed by atoms with Crippen LogP contribution < -0.4 is 10.6 Å². The van der Waals surface area contributed by atoms with Gasteiger partial charge in [-0.25, -0.2) is 9.59 Å². The number of halogens is 1. The van der Waals surface area contributed by atoms with Gasteiger partial charge in [0.05, 0.1) is 5.56 Å². The van der Waals surface area contributed by atoms with Crippen molar-refractivity contribution in [2.75, 3.05) is 25.5 Å². The number of hydrogen-bond acceptors (Lipinski definition) is 3. The third kappa shape index (κ3) is 4.18. The molecule has 3 N–H and O–H groups in total. The summed E-state index contributed by atoms with van der Waals surface area (Å²) in [5, 5.41) is 14.5. The maximum absolute atomic E-state index is 11.8. The van der Waals surface area contributed by atoms with Crippen LogP contribution in [0.4, 0.5) is 10.5 Å². The highest BCUT2D eigenvalue weighted by molar-refractivity contribution is 9.10. The summed E-state index contributed by atoms with van der Waals surface area (Å²) in [6.45, 7) is 1.65. The van der Waals surface area contributed by atoms with E-state index in [1.54, 1.807) is 12.1 Å². The topological polar surface area (TPSA) is 81.7 Å². The first-order valence-electron chi connectivity index (χ1n) is 6.75. The van der Waals surface area contributed by atoms with Gasteiger partial charge in [-0.1, -0.05) is 0 Å². The van der Waals surface area contributed by atoms with Gasteiger partial charge in [-0.05, 0) is 60.6 Å². The molecule has 2 rings (SSSR count). The Bertz CT molecular complexity index is 550. The van der Waals surface area contributed by atoms with Crippen LogP contribution in [-0.4, -0.2) is 48.2 Å². The zero-order valence-corrected chi connectivity index (χ0v) is 13.3. The van der Waals surface area contributed by atoms with Crippen LogP contribution in [0.5, 0.6) is 0 Å². The fraction of sp³-hybridized carbons (Fsp3) is 0.429. The molecule has 1 unspecified atom stereocenters. The monoisotopic (exact) mass is 355 g/mol. The largest absolute Gasteiger partial charge is 0.478 e. The molecule has 1 fully saturated rings. The Morgan fingerprint density at radius 3 is 2.86 bits per heavy atom. The van der Waals surface area contributed by atoms with Gasteiger partial charge in [0.25, 0.3) is 0 Å². The average molecular weight is 356 g/mol. The van der Waals surface area contributed by atoms with Gasteiger partial charge in [-0.15, -0.1) is 0 Å². The Morgan fingerprint density at radius 1 is 1.48 bits per heavy atom. The van der Waals surface area contributed by atoms with Crippen LogP contribution in [-0.2, 0) is 0 Å². The van der Waals surface area contributed by atoms with E-state index >= 15 is 0 Å². The van der Waals surface area contributed by atoms with Gasteiger partial charge < -0.3 is 20.6 Å². The lowest BCUT2D eigenvalue weighted by Crippen LogP contribution is -2.40. The zero-order chi connectivity index (χ0) is 15.4. The molecule has 6 nitrogen and oxygen atoms in total. The summed E-state index contributed by atoms with van der Waals surface area (Å²) in [5.41, 5.74) is 0.566. The smallest absolute Gasteiger partial charge is 0.336 e. The first kappa shape index (κ1) is 15.8. The molecule has 0 aliphatic carbocycles. The maximum Gasteiger partial charge on any atom is 0.336 e. The fourth-order valence-corrected chi connectivity index (χ4v) is 2.81. The minimum Gasteiger partial charge on any atom is -0.478 e. The third-order valence-electron chi connectivity index (χ3n) is 3.62. The SMILES string of the molecule is CN1CCCC1CNC(=O)Nc1ccc(Br)c(C(=O)O)c1. The molecule has 2 amide bonds. The number of likely N-dealkylation sites (tertiary alicyclic amines) is 1. The number of carboxylic acids is 1. The number of carbonyl (C=O) groups is 2. The van der Waals surface area contributed by atoms with E-state index in [0.717, 1.165) is 19.4 Å². The van der Waals surface area contributed by atoms with E-state index in [-0.39, 0.29) is 11.6 Å². The molecule has 0 bridgehead atoms. The first-order valence-corrected chi connectivity index (χ1v) is 7.54. The van der Waals surface area contributed by atoms with Crippen molar-refractivity contribution >= 4 is 33.6 Å². The van der Waals surface area contributed by atoms with Crippen molar-refractivity contribution in [3.05, 3.63) is 28.2 Å². The molecule has 1 atom stereocenters. The van der Waals surface area contributed by atoms with Crippen molar-refractivity contribution in [1.29, 1.82) is 0 Å². The van der Waals surface area contributed by atoms with Crippen LogP contribution in [0.25, 0.3) is 0 Å². The summed E-state index contributed by atoms with van der Waals surface area (Å²) in [7, 11) is 2.05. The second-order valence-electron chi connectivity index (χ2n) is 5.11. The molecule has 21 heavy (non-hydrogen) atoms. The highest BCUT2D eigenvalue weighted by atomic mass is 79.9. The Kier molecular flexibility index (Phi) is 5.19. The number of carbonyl (C=O) groups excluding carboxylic acids is 1. The van der Waals surface area contributed by atoms with Crippen LogP contribution in [0.15, 0.2) is 22.7 Å². The number of likely N-dealkylation sites (N-methyl/N-ethyl adjacent to an activating group) is 1. The third-order valence-corrected chi connectivity index (χ3v) is 4.32. The summed E-state index contributed by atoms with van der Waals surface area (Å²) < 4.78 is 0.480. The van der Waals surface area contributed by atoms with Crippen LogP contribution >= 0.6 is 15.9 Å². The van der Waals surface area contributed by atoms with Crippen molar-refractivity contribution in [2.45, 2.75) is 18.9 Å². The number of urea groups is 1. The molecule has 1 aliphatic rings. The normalized spacial score (nSPS) is 18.5. The Hall–Kier alpha value is -1.60. The summed E-state index contributed by atoms with van der Waals surface area (Å²) in [4.78, 5) is 25.1. The molecule has 0 spiro atoms.